The number of aromatic nitrogens is 3. The fraction of sp³-hybridized carbons (Fsp3) is 0.500. The number of benzene rings is 1. The van der Waals surface area contributed by atoms with Gasteiger partial charge in [0.25, 0.3) is 0 Å². The summed E-state index contributed by atoms with van der Waals surface area (Å²) in [6, 6.07) is 5.30. The molecule has 0 spiro atoms. The molecule has 8 heteroatoms. The first-order valence-electron chi connectivity index (χ1n) is 8.95. The molecule has 1 aromatic carbocycles. The second kappa shape index (κ2) is 7.55. The van der Waals surface area contributed by atoms with Crippen LogP contribution in [0.15, 0.2) is 24.5 Å². The van der Waals surface area contributed by atoms with Gasteiger partial charge in [-0.15, -0.1) is 0 Å². The van der Waals surface area contributed by atoms with Crippen LogP contribution in [0.4, 0.5) is 0 Å². The van der Waals surface area contributed by atoms with Crippen LogP contribution in [0.25, 0.3) is 0 Å². The number of fused-ring (bicyclic) bond motifs is 1. The maximum absolute atomic E-state index is 13.1. The lowest BCUT2D eigenvalue weighted by molar-refractivity contribution is -0.134. The van der Waals surface area contributed by atoms with Crippen LogP contribution in [0.2, 0.25) is 10.0 Å². The van der Waals surface area contributed by atoms with Crippen molar-refractivity contribution in [1.29, 1.82) is 0 Å². The van der Waals surface area contributed by atoms with Gasteiger partial charge in [-0.1, -0.05) is 29.3 Å². The molecule has 138 valence electrons. The summed E-state index contributed by atoms with van der Waals surface area (Å²) in [6.07, 6.45) is 4.33. The molecule has 0 aliphatic carbocycles. The van der Waals surface area contributed by atoms with E-state index in [1.807, 2.05) is 15.6 Å². The molecule has 2 aliphatic heterocycles. The molecule has 0 N–H and O–H groups in total. The summed E-state index contributed by atoms with van der Waals surface area (Å²) in [4.78, 5) is 21.9. The number of rotatable bonds is 4. The average Bonchev–Trinajstić information content (AvgIpc) is 3.29. The molecule has 1 aromatic heterocycles. The van der Waals surface area contributed by atoms with Crippen molar-refractivity contribution in [2.24, 2.45) is 0 Å². The number of carbonyl (C=O) groups excluding carboxylic acids is 1. The van der Waals surface area contributed by atoms with Crippen LogP contribution in [-0.2, 0) is 17.8 Å². The van der Waals surface area contributed by atoms with E-state index in [9.17, 15) is 4.79 Å². The zero-order valence-electron chi connectivity index (χ0n) is 14.4. The van der Waals surface area contributed by atoms with Crippen molar-refractivity contribution in [2.75, 3.05) is 26.2 Å². The van der Waals surface area contributed by atoms with Crippen molar-refractivity contribution in [3.63, 3.8) is 0 Å². The first-order chi connectivity index (χ1) is 12.6. The third kappa shape index (κ3) is 3.59. The minimum atomic E-state index is -0.0559. The topological polar surface area (TPSA) is 54.3 Å². The third-order valence-electron chi connectivity index (χ3n) is 5.16. The Kier molecular flexibility index (Phi) is 5.16. The largest absolute Gasteiger partial charge is 0.329 e. The van der Waals surface area contributed by atoms with E-state index >= 15 is 0 Å². The van der Waals surface area contributed by atoms with Gasteiger partial charge in [-0.25, -0.2) is 9.67 Å². The summed E-state index contributed by atoms with van der Waals surface area (Å²) in [6.45, 7) is 4.30. The SMILES string of the molecule is O=C(Cc1ccc(Cl)c(Cl)c1)N1CCn2ncnc2[C@@H]1CN1CCCC1. The molecule has 4 rings (SSSR count). The van der Waals surface area contributed by atoms with Crippen LogP contribution in [0, 0.1) is 0 Å². The Balaban J connectivity index is 1.54. The van der Waals surface area contributed by atoms with Gasteiger partial charge in [0.15, 0.2) is 5.82 Å². The van der Waals surface area contributed by atoms with Gasteiger partial charge < -0.3 is 9.80 Å². The number of halogens is 2. The molecule has 26 heavy (non-hydrogen) atoms. The van der Waals surface area contributed by atoms with E-state index in [0.29, 0.717) is 29.6 Å². The number of amides is 1. The predicted octanol–water partition coefficient (Wildman–Crippen LogP) is 2.81. The summed E-state index contributed by atoms with van der Waals surface area (Å²) >= 11 is 12.1. The van der Waals surface area contributed by atoms with Crippen molar-refractivity contribution >= 4 is 29.1 Å². The van der Waals surface area contributed by atoms with Crippen LogP contribution < -0.4 is 0 Å². The molecular weight excluding hydrogens is 373 g/mol. The maximum Gasteiger partial charge on any atom is 0.227 e. The number of carbonyl (C=O) groups is 1. The van der Waals surface area contributed by atoms with Gasteiger partial charge >= 0.3 is 0 Å². The number of likely N-dealkylation sites (tertiary alicyclic amines) is 1. The van der Waals surface area contributed by atoms with Crippen LogP contribution in [-0.4, -0.2) is 56.7 Å². The Labute approximate surface area is 162 Å². The highest BCUT2D eigenvalue weighted by Crippen LogP contribution is 2.28. The molecule has 0 radical (unpaired) electrons. The highest BCUT2D eigenvalue weighted by Gasteiger charge is 2.34. The zero-order valence-corrected chi connectivity index (χ0v) is 16.0. The van der Waals surface area contributed by atoms with Gasteiger partial charge in [0, 0.05) is 13.1 Å². The molecule has 1 amide bonds. The molecule has 1 saturated heterocycles. The van der Waals surface area contributed by atoms with E-state index in [1.54, 1.807) is 18.5 Å². The fourth-order valence-corrected chi connectivity index (χ4v) is 4.14. The lowest BCUT2D eigenvalue weighted by Gasteiger charge is -2.37. The van der Waals surface area contributed by atoms with Crippen molar-refractivity contribution in [3.05, 3.63) is 46.0 Å². The fourth-order valence-electron chi connectivity index (χ4n) is 3.82. The van der Waals surface area contributed by atoms with E-state index in [2.05, 4.69) is 15.0 Å². The molecule has 3 heterocycles. The average molecular weight is 394 g/mol. The third-order valence-corrected chi connectivity index (χ3v) is 5.90. The molecular formula is C18H21Cl2N5O. The van der Waals surface area contributed by atoms with E-state index in [4.69, 9.17) is 23.2 Å². The molecule has 6 nitrogen and oxygen atoms in total. The lowest BCUT2D eigenvalue weighted by Crippen LogP contribution is -2.47. The molecule has 0 bridgehead atoms. The van der Waals surface area contributed by atoms with E-state index < -0.39 is 0 Å². The second-order valence-electron chi connectivity index (χ2n) is 6.88. The van der Waals surface area contributed by atoms with Crippen molar-refractivity contribution in [3.8, 4) is 0 Å². The Morgan fingerprint density at radius 2 is 1.92 bits per heavy atom. The highest BCUT2D eigenvalue weighted by molar-refractivity contribution is 6.42. The summed E-state index contributed by atoms with van der Waals surface area (Å²) in [5, 5.41) is 5.27. The summed E-state index contributed by atoms with van der Waals surface area (Å²) in [7, 11) is 0. The van der Waals surface area contributed by atoms with E-state index in [1.165, 1.54) is 12.8 Å². The minimum Gasteiger partial charge on any atom is -0.329 e. The van der Waals surface area contributed by atoms with Crippen LogP contribution in [0.5, 0.6) is 0 Å². The van der Waals surface area contributed by atoms with Crippen LogP contribution in [0.3, 0.4) is 0 Å². The van der Waals surface area contributed by atoms with E-state index in [0.717, 1.165) is 31.0 Å². The van der Waals surface area contributed by atoms with Gasteiger partial charge in [-0.05, 0) is 43.6 Å². The Hall–Kier alpha value is -1.63. The summed E-state index contributed by atoms with van der Waals surface area (Å²) in [5.74, 6) is 0.965. The van der Waals surface area contributed by atoms with Crippen LogP contribution >= 0.6 is 23.2 Å². The van der Waals surface area contributed by atoms with E-state index in [-0.39, 0.29) is 11.9 Å². The summed E-state index contributed by atoms with van der Waals surface area (Å²) < 4.78 is 1.92. The Morgan fingerprint density at radius 1 is 1.12 bits per heavy atom. The van der Waals surface area contributed by atoms with Gasteiger partial charge in [0.05, 0.1) is 23.0 Å². The highest BCUT2D eigenvalue weighted by atomic mass is 35.5. The zero-order chi connectivity index (χ0) is 18.1. The summed E-state index contributed by atoms with van der Waals surface area (Å²) in [5.41, 5.74) is 0.872. The first-order valence-corrected chi connectivity index (χ1v) is 9.71. The molecule has 0 unspecified atom stereocenters. The minimum absolute atomic E-state index is 0.0559. The van der Waals surface area contributed by atoms with Gasteiger partial charge in [0.2, 0.25) is 5.91 Å². The van der Waals surface area contributed by atoms with Gasteiger partial charge in [0.1, 0.15) is 12.4 Å². The first kappa shape index (κ1) is 17.8. The quantitative estimate of drug-likeness (QED) is 0.801. The van der Waals surface area contributed by atoms with Crippen molar-refractivity contribution < 1.29 is 4.79 Å². The molecule has 1 fully saturated rings. The molecule has 1 atom stereocenters. The number of nitrogens with zero attached hydrogens (tertiary/aromatic N) is 5. The van der Waals surface area contributed by atoms with Crippen LogP contribution in [0.1, 0.15) is 30.3 Å². The standard InChI is InChI=1S/C18H21Cl2N5O/c19-14-4-3-13(9-15(14)20)10-17(26)24-7-8-25-18(21-12-22-25)16(24)11-23-5-1-2-6-23/h3-4,9,12,16H,1-2,5-8,10-11H2/t16-/m0/s1. The Bertz CT molecular complexity index is 803. The number of hydrogen-bond donors (Lipinski definition) is 0. The van der Waals surface area contributed by atoms with Crippen molar-refractivity contribution in [1.82, 2.24) is 24.6 Å². The predicted molar refractivity (Wildman–Crippen MR) is 100 cm³/mol. The normalized spacial score (nSPS) is 20.4. The lowest BCUT2D eigenvalue weighted by atomic mass is 10.1. The second-order valence-corrected chi connectivity index (χ2v) is 7.69. The smallest absolute Gasteiger partial charge is 0.227 e. The Morgan fingerprint density at radius 3 is 2.69 bits per heavy atom. The monoisotopic (exact) mass is 393 g/mol. The molecule has 0 saturated carbocycles. The molecule has 2 aliphatic rings. The van der Waals surface area contributed by atoms with Gasteiger partial charge in [-0.2, -0.15) is 5.10 Å². The molecule has 2 aromatic rings. The van der Waals surface area contributed by atoms with Crippen molar-refractivity contribution in [2.45, 2.75) is 31.8 Å². The van der Waals surface area contributed by atoms with Gasteiger partial charge in [-0.3, -0.25) is 4.79 Å². The number of hydrogen-bond acceptors (Lipinski definition) is 4. The maximum atomic E-state index is 13.1.